The fraction of sp³-hybridized carbons (Fsp3) is 0.474. The van der Waals surface area contributed by atoms with Crippen molar-refractivity contribution in [3.8, 4) is 0 Å². The lowest BCUT2D eigenvalue weighted by atomic mass is 10.0. The van der Waals surface area contributed by atoms with Crippen LogP contribution in [0.5, 0.6) is 0 Å². The molecule has 2 aromatic heterocycles. The molecule has 26 heavy (non-hydrogen) atoms. The van der Waals surface area contributed by atoms with Gasteiger partial charge in [-0.1, -0.05) is 13.0 Å². The Balaban J connectivity index is 1.61. The van der Waals surface area contributed by atoms with Crippen LogP contribution in [-0.2, 0) is 25.9 Å². The second kappa shape index (κ2) is 8.73. The molecule has 0 aromatic carbocycles. The Kier molecular flexibility index (Phi) is 6.37. The van der Waals surface area contributed by atoms with Crippen molar-refractivity contribution in [2.75, 3.05) is 19.7 Å². The number of aryl methyl sites for hydroxylation is 1. The topological polar surface area (TPSA) is 85.7 Å². The smallest absolute Gasteiger partial charge is 0.252 e. The summed E-state index contributed by atoms with van der Waals surface area (Å²) in [6.07, 6.45) is 2.85. The maximum atomic E-state index is 12.3. The summed E-state index contributed by atoms with van der Waals surface area (Å²) in [5, 5.41) is 22.8. The molecule has 0 unspecified atom stereocenters. The average molecular weight is 375 g/mol. The van der Waals surface area contributed by atoms with Crippen molar-refractivity contribution in [3.63, 3.8) is 0 Å². The quantitative estimate of drug-likeness (QED) is 0.680. The van der Waals surface area contributed by atoms with Crippen molar-refractivity contribution in [1.29, 1.82) is 0 Å². The number of pyridine rings is 1. The normalized spacial score (nSPS) is 15.5. The summed E-state index contributed by atoms with van der Waals surface area (Å²) < 4.78 is 0. The van der Waals surface area contributed by atoms with Crippen LogP contribution in [-0.4, -0.2) is 51.8 Å². The van der Waals surface area contributed by atoms with Crippen LogP contribution in [0.4, 0.5) is 0 Å². The van der Waals surface area contributed by atoms with Crippen molar-refractivity contribution in [2.24, 2.45) is 0 Å². The Labute approximate surface area is 157 Å². The van der Waals surface area contributed by atoms with Crippen LogP contribution in [0.1, 0.15) is 39.0 Å². The number of aliphatic hydroxyl groups excluding tert-OH is 2. The maximum absolute atomic E-state index is 12.3. The van der Waals surface area contributed by atoms with E-state index < -0.39 is 6.10 Å². The van der Waals surface area contributed by atoms with E-state index in [2.05, 4.69) is 34.3 Å². The number of hydrogen-bond acceptors (Lipinski definition) is 6. The van der Waals surface area contributed by atoms with Gasteiger partial charge in [0.25, 0.3) is 5.91 Å². The number of nitrogens with zero attached hydrogens (tertiary/aromatic N) is 2. The van der Waals surface area contributed by atoms with Crippen LogP contribution >= 0.6 is 11.3 Å². The Morgan fingerprint density at radius 3 is 3.00 bits per heavy atom. The average Bonchev–Trinajstić information content (AvgIpc) is 3.09. The van der Waals surface area contributed by atoms with Gasteiger partial charge in [0.15, 0.2) is 0 Å². The van der Waals surface area contributed by atoms with E-state index >= 15 is 0 Å². The van der Waals surface area contributed by atoms with E-state index in [-0.39, 0.29) is 19.1 Å². The molecule has 1 atom stereocenters. The first-order valence-electron chi connectivity index (χ1n) is 8.93. The third kappa shape index (κ3) is 4.48. The molecule has 0 saturated heterocycles. The van der Waals surface area contributed by atoms with Crippen molar-refractivity contribution in [3.05, 3.63) is 51.0 Å². The summed E-state index contributed by atoms with van der Waals surface area (Å²) in [6.45, 7) is 4.35. The summed E-state index contributed by atoms with van der Waals surface area (Å²) in [5.41, 5.74) is 4.12. The molecule has 0 fully saturated rings. The van der Waals surface area contributed by atoms with Gasteiger partial charge >= 0.3 is 0 Å². The molecule has 1 aliphatic heterocycles. The second-order valence-corrected chi connectivity index (χ2v) is 7.53. The molecule has 3 rings (SSSR count). The zero-order valence-corrected chi connectivity index (χ0v) is 15.8. The molecule has 0 saturated carbocycles. The molecular formula is C19H25N3O3S. The monoisotopic (exact) mass is 375 g/mol. The standard InChI is InChI=1S/C19H25N3O3S/c1-2-13-3-4-14(20-7-13)9-22-6-5-16-17(12-26-18(16)10-22)19(25)21-8-15(24)11-23/h3-4,7,12,15,23-24H,2,5-6,8-11H2,1H3,(H,21,25)/t15-/m1/s1. The zero-order chi connectivity index (χ0) is 18.5. The number of nitrogens with one attached hydrogen (secondary N) is 1. The first kappa shape index (κ1) is 19.0. The molecule has 3 N–H and O–H groups in total. The number of carbonyl (C=O) groups is 1. The van der Waals surface area contributed by atoms with E-state index in [1.165, 1.54) is 10.4 Å². The number of aromatic nitrogens is 1. The fourth-order valence-electron chi connectivity index (χ4n) is 3.06. The number of hydrogen-bond donors (Lipinski definition) is 3. The van der Waals surface area contributed by atoms with Gasteiger partial charge in [-0.15, -0.1) is 11.3 Å². The molecule has 1 aliphatic rings. The van der Waals surface area contributed by atoms with Crippen LogP contribution in [0.25, 0.3) is 0 Å². The van der Waals surface area contributed by atoms with Gasteiger partial charge in [-0.2, -0.15) is 0 Å². The highest BCUT2D eigenvalue weighted by Gasteiger charge is 2.24. The number of thiophene rings is 1. The molecule has 3 heterocycles. The predicted octanol–water partition coefficient (Wildman–Crippen LogP) is 1.35. The van der Waals surface area contributed by atoms with Gasteiger partial charge in [-0.3, -0.25) is 14.7 Å². The summed E-state index contributed by atoms with van der Waals surface area (Å²) >= 11 is 1.61. The highest BCUT2D eigenvalue weighted by atomic mass is 32.1. The van der Waals surface area contributed by atoms with E-state index in [0.717, 1.165) is 43.7 Å². The first-order chi connectivity index (χ1) is 12.6. The highest BCUT2D eigenvalue weighted by Crippen LogP contribution is 2.29. The summed E-state index contributed by atoms with van der Waals surface area (Å²) in [6, 6.07) is 4.22. The van der Waals surface area contributed by atoms with Crippen LogP contribution in [0.15, 0.2) is 23.7 Å². The summed E-state index contributed by atoms with van der Waals surface area (Å²) in [4.78, 5) is 20.4. The van der Waals surface area contributed by atoms with Gasteiger partial charge < -0.3 is 15.5 Å². The van der Waals surface area contributed by atoms with Crippen LogP contribution in [0, 0.1) is 0 Å². The van der Waals surface area contributed by atoms with Gasteiger partial charge in [-0.05, 0) is 30.0 Å². The van der Waals surface area contributed by atoms with Crippen molar-refractivity contribution in [2.45, 2.75) is 39.0 Å². The molecule has 6 nitrogen and oxygen atoms in total. The molecule has 0 bridgehead atoms. The van der Waals surface area contributed by atoms with Gasteiger partial charge in [-0.25, -0.2) is 0 Å². The minimum absolute atomic E-state index is 0.0610. The molecule has 0 radical (unpaired) electrons. The lowest BCUT2D eigenvalue weighted by Crippen LogP contribution is -2.35. The Morgan fingerprint density at radius 1 is 1.46 bits per heavy atom. The fourth-order valence-corrected chi connectivity index (χ4v) is 4.18. The van der Waals surface area contributed by atoms with Gasteiger partial charge in [0.1, 0.15) is 0 Å². The minimum atomic E-state index is -0.921. The third-order valence-electron chi connectivity index (χ3n) is 4.66. The first-order valence-corrected chi connectivity index (χ1v) is 9.81. The molecule has 0 aliphatic carbocycles. The Hall–Kier alpha value is -1.80. The molecule has 0 spiro atoms. The van der Waals surface area contributed by atoms with Crippen LogP contribution in [0.3, 0.4) is 0 Å². The van der Waals surface area contributed by atoms with E-state index in [1.54, 1.807) is 11.3 Å². The van der Waals surface area contributed by atoms with Crippen molar-refractivity contribution < 1.29 is 15.0 Å². The minimum Gasteiger partial charge on any atom is -0.394 e. The lowest BCUT2D eigenvalue weighted by Gasteiger charge is -2.27. The van der Waals surface area contributed by atoms with Crippen molar-refractivity contribution in [1.82, 2.24) is 15.2 Å². The number of rotatable bonds is 7. The molecule has 1 amide bonds. The molecule has 140 valence electrons. The zero-order valence-electron chi connectivity index (χ0n) is 14.9. The SMILES string of the molecule is CCc1ccc(CN2CCc3c(C(=O)NC[C@@H](O)CO)csc3C2)nc1. The van der Waals surface area contributed by atoms with E-state index in [1.807, 2.05) is 11.6 Å². The molecular weight excluding hydrogens is 350 g/mol. The number of amides is 1. The number of aliphatic hydroxyl groups is 2. The maximum Gasteiger partial charge on any atom is 0.252 e. The Morgan fingerprint density at radius 2 is 2.31 bits per heavy atom. The third-order valence-corrected chi connectivity index (χ3v) is 5.67. The summed E-state index contributed by atoms with van der Waals surface area (Å²) in [5.74, 6) is -0.180. The van der Waals surface area contributed by atoms with E-state index in [4.69, 9.17) is 5.11 Å². The highest BCUT2D eigenvalue weighted by molar-refractivity contribution is 7.10. The van der Waals surface area contributed by atoms with Crippen molar-refractivity contribution >= 4 is 17.2 Å². The van der Waals surface area contributed by atoms with Crippen LogP contribution in [0.2, 0.25) is 0 Å². The van der Waals surface area contributed by atoms with Crippen LogP contribution < -0.4 is 5.32 Å². The number of carbonyl (C=O) groups excluding carboxylic acids is 1. The largest absolute Gasteiger partial charge is 0.394 e. The molecule has 2 aromatic rings. The van der Waals surface area contributed by atoms with E-state index in [0.29, 0.717) is 5.56 Å². The summed E-state index contributed by atoms with van der Waals surface area (Å²) in [7, 11) is 0. The van der Waals surface area contributed by atoms with Gasteiger partial charge in [0.2, 0.25) is 0 Å². The predicted molar refractivity (Wildman–Crippen MR) is 101 cm³/mol. The van der Waals surface area contributed by atoms with Gasteiger partial charge in [0, 0.05) is 42.6 Å². The van der Waals surface area contributed by atoms with Gasteiger partial charge in [0.05, 0.1) is 24.0 Å². The lowest BCUT2D eigenvalue weighted by molar-refractivity contribution is 0.0801. The van der Waals surface area contributed by atoms with E-state index in [9.17, 15) is 9.90 Å². The molecule has 7 heteroatoms. The second-order valence-electron chi connectivity index (χ2n) is 6.57. The number of fused-ring (bicyclic) bond motifs is 1. The Bertz CT molecular complexity index is 745.